The third-order valence-electron chi connectivity index (χ3n) is 4.21. The average molecular weight is 377 g/mol. The van der Waals surface area contributed by atoms with E-state index in [1.54, 1.807) is 12.4 Å². The molecule has 3 rings (SSSR count). The second-order valence-electron chi connectivity index (χ2n) is 5.95. The molecule has 0 N–H and O–H groups in total. The summed E-state index contributed by atoms with van der Waals surface area (Å²) < 4.78 is 0.902. The fourth-order valence-corrected chi connectivity index (χ4v) is 3.20. The summed E-state index contributed by atoms with van der Waals surface area (Å²) in [6, 6.07) is 2.52. The molecular weight excluding hydrogens is 356 g/mol. The van der Waals surface area contributed by atoms with Crippen LogP contribution >= 0.6 is 15.9 Å². The molecule has 2 aromatic heterocycles. The summed E-state index contributed by atoms with van der Waals surface area (Å²) in [6.45, 7) is 5.94. The number of aryl methyl sites for hydroxylation is 2. The van der Waals surface area contributed by atoms with E-state index in [9.17, 15) is 0 Å². The molecule has 0 amide bonds. The standard InChI is InChI=1S/C16H21BrN6/c1-11-8-15(21-12(2)20-11)23-6-4-14(5-7-23)22(3)16-18-9-13(17)10-19-16/h8-10,14H,4-7H2,1-3H3. The van der Waals surface area contributed by atoms with Crippen molar-refractivity contribution in [2.24, 2.45) is 0 Å². The number of hydrogen-bond donors (Lipinski definition) is 0. The van der Waals surface area contributed by atoms with Crippen LogP contribution in [-0.2, 0) is 0 Å². The third-order valence-corrected chi connectivity index (χ3v) is 4.62. The molecule has 0 aliphatic carbocycles. The summed E-state index contributed by atoms with van der Waals surface area (Å²) in [4.78, 5) is 22.2. The van der Waals surface area contributed by atoms with Crippen LogP contribution in [0.2, 0.25) is 0 Å². The van der Waals surface area contributed by atoms with Gasteiger partial charge in [0.15, 0.2) is 0 Å². The fourth-order valence-electron chi connectivity index (χ4n) is 2.99. The number of piperidine rings is 1. The molecule has 2 aromatic rings. The van der Waals surface area contributed by atoms with Gasteiger partial charge < -0.3 is 9.80 Å². The first-order chi connectivity index (χ1) is 11.0. The Bertz CT molecular complexity index is 647. The number of nitrogens with zero attached hydrogens (tertiary/aromatic N) is 6. The van der Waals surface area contributed by atoms with Gasteiger partial charge in [-0.1, -0.05) is 0 Å². The summed E-state index contributed by atoms with van der Waals surface area (Å²) in [5.74, 6) is 2.65. The van der Waals surface area contributed by atoms with Gasteiger partial charge in [-0.15, -0.1) is 0 Å². The Kier molecular flexibility index (Phi) is 4.75. The van der Waals surface area contributed by atoms with Crippen LogP contribution in [0, 0.1) is 13.8 Å². The summed E-state index contributed by atoms with van der Waals surface area (Å²) in [5, 5.41) is 0. The maximum atomic E-state index is 4.57. The summed E-state index contributed by atoms with van der Waals surface area (Å²) >= 11 is 3.37. The lowest BCUT2D eigenvalue weighted by Gasteiger charge is -2.37. The maximum absolute atomic E-state index is 4.57. The molecule has 0 atom stereocenters. The highest BCUT2D eigenvalue weighted by Crippen LogP contribution is 2.23. The van der Waals surface area contributed by atoms with E-state index in [0.717, 1.165) is 53.7 Å². The number of halogens is 1. The highest BCUT2D eigenvalue weighted by molar-refractivity contribution is 9.10. The normalized spacial score (nSPS) is 15.7. The Morgan fingerprint density at radius 2 is 1.78 bits per heavy atom. The zero-order valence-electron chi connectivity index (χ0n) is 13.7. The first-order valence-corrected chi connectivity index (χ1v) is 8.60. The second-order valence-corrected chi connectivity index (χ2v) is 6.86. The Morgan fingerprint density at radius 1 is 1.13 bits per heavy atom. The van der Waals surface area contributed by atoms with Crippen LogP contribution in [0.4, 0.5) is 11.8 Å². The van der Waals surface area contributed by atoms with E-state index >= 15 is 0 Å². The average Bonchev–Trinajstić information content (AvgIpc) is 2.54. The lowest BCUT2D eigenvalue weighted by atomic mass is 10.0. The molecule has 0 saturated carbocycles. The molecule has 1 aliphatic heterocycles. The maximum Gasteiger partial charge on any atom is 0.225 e. The van der Waals surface area contributed by atoms with Crippen LogP contribution in [0.3, 0.4) is 0 Å². The van der Waals surface area contributed by atoms with Crippen molar-refractivity contribution in [3.63, 3.8) is 0 Å². The van der Waals surface area contributed by atoms with Gasteiger partial charge in [-0.05, 0) is 42.6 Å². The van der Waals surface area contributed by atoms with E-state index in [-0.39, 0.29) is 0 Å². The molecule has 0 radical (unpaired) electrons. The highest BCUT2D eigenvalue weighted by Gasteiger charge is 2.24. The van der Waals surface area contributed by atoms with Gasteiger partial charge in [0, 0.05) is 50.3 Å². The van der Waals surface area contributed by atoms with Crippen LogP contribution in [0.25, 0.3) is 0 Å². The quantitative estimate of drug-likeness (QED) is 0.820. The fraction of sp³-hybridized carbons (Fsp3) is 0.500. The van der Waals surface area contributed by atoms with Gasteiger partial charge in [0.25, 0.3) is 0 Å². The van der Waals surface area contributed by atoms with Crippen LogP contribution in [0.15, 0.2) is 22.9 Å². The molecule has 0 unspecified atom stereocenters. The predicted octanol–water partition coefficient (Wildman–Crippen LogP) is 2.75. The first kappa shape index (κ1) is 16.1. The summed E-state index contributed by atoms with van der Waals surface area (Å²) in [5.41, 5.74) is 1.02. The van der Waals surface area contributed by atoms with E-state index in [1.165, 1.54) is 0 Å². The minimum absolute atomic E-state index is 0.455. The smallest absolute Gasteiger partial charge is 0.225 e. The molecule has 6 nitrogen and oxygen atoms in total. The zero-order valence-corrected chi connectivity index (χ0v) is 15.3. The van der Waals surface area contributed by atoms with Crippen molar-refractivity contribution in [1.29, 1.82) is 0 Å². The van der Waals surface area contributed by atoms with Gasteiger partial charge in [0.2, 0.25) is 5.95 Å². The van der Waals surface area contributed by atoms with Gasteiger partial charge in [-0.25, -0.2) is 19.9 Å². The van der Waals surface area contributed by atoms with Crippen molar-refractivity contribution in [3.05, 3.63) is 34.5 Å². The first-order valence-electron chi connectivity index (χ1n) is 7.80. The molecule has 0 aromatic carbocycles. The van der Waals surface area contributed by atoms with Crippen LogP contribution in [-0.4, -0.2) is 46.1 Å². The SMILES string of the molecule is Cc1cc(N2CCC(N(C)c3ncc(Br)cn3)CC2)nc(C)n1. The Morgan fingerprint density at radius 3 is 2.39 bits per heavy atom. The van der Waals surface area contributed by atoms with Gasteiger partial charge in [0.1, 0.15) is 11.6 Å². The zero-order chi connectivity index (χ0) is 16.4. The van der Waals surface area contributed by atoms with Gasteiger partial charge in [-0.2, -0.15) is 0 Å². The van der Waals surface area contributed by atoms with Gasteiger partial charge in [-0.3, -0.25) is 0 Å². The minimum atomic E-state index is 0.455. The second kappa shape index (κ2) is 6.78. The molecule has 1 saturated heterocycles. The Balaban J connectivity index is 1.64. The molecule has 0 bridgehead atoms. The molecule has 3 heterocycles. The van der Waals surface area contributed by atoms with Crippen LogP contribution in [0.1, 0.15) is 24.4 Å². The molecule has 7 heteroatoms. The van der Waals surface area contributed by atoms with Gasteiger partial charge in [0.05, 0.1) is 4.47 Å². The number of aromatic nitrogens is 4. The highest BCUT2D eigenvalue weighted by atomic mass is 79.9. The van der Waals surface area contributed by atoms with E-state index in [0.29, 0.717) is 6.04 Å². The van der Waals surface area contributed by atoms with Crippen molar-refractivity contribution in [2.45, 2.75) is 32.7 Å². The Labute approximate surface area is 145 Å². The van der Waals surface area contributed by atoms with Crippen LogP contribution in [0.5, 0.6) is 0 Å². The van der Waals surface area contributed by atoms with Crippen molar-refractivity contribution < 1.29 is 0 Å². The minimum Gasteiger partial charge on any atom is -0.356 e. The predicted molar refractivity (Wildman–Crippen MR) is 94.9 cm³/mol. The number of rotatable bonds is 3. The molecule has 0 spiro atoms. The van der Waals surface area contributed by atoms with Gasteiger partial charge >= 0.3 is 0 Å². The monoisotopic (exact) mass is 376 g/mol. The van der Waals surface area contributed by atoms with Crippen molar-refractivity contribution in [2.75, 3.05) is 29.9 Å². The van der Waals surface area contributed by atoms with E-state index in [4.69, 9.17) is 0 Å². The lowest BCUT2D eigenvalue weighted by molar-refractivity contribution is 0.475. The van der Waals surface area contributed by atoms with Crippen molar-refractivity contribution >= 4 is 27.7 Å². The molecule has 122 valence electrons. The molecular formula is C16H21BrN6. The summed E-state index contributed by atoms with van der Waals surface area (Å²) in [7, 11) is 2.07. The van der Waals surface area contributed by atoms with E-state index < -0.39 is 0 Å². The lowest BCUT2D eigenvalue weighted by Crippen LogP contribution is -2.44. The topological polar surface area (TPSA) is 58.0 Å². The molecule has 23 heavy (non-hydrogen) atoms. The Hall–Kier alpha value is -1.76. The summed E-state index contributed by atoms with van der Waals surface area (Å²) in [6.07, 6.45) is 5.72. The third kappa shape index (κ3) is 3.77. The number of hydrogen-bond acceptors (Lipinski definition) is 6. The molecule has 1 fully saturated rings. The van der Waals surface area contributed by atoms with E-state index in [1.807, 2.05) is 13.8 Å². The number of anilines is 2. The van der Waals surface area contributed by atoms with Crippen LogP contribution < -0.4 is 9.80 Å². The largest absolute Gasteiger partial charge is 0.356 e. The van der Waals surface area contributed by atoms with E-state index in [2.05, 4.69) is 58.8 Å². The van der Waals surface area contributed by atoms with Crippen molar-refractivity contribution in [1.82, 2.24) is 19.9 Å². The molecule has 1 aliphatic rings. The van der Waals surface area contributed by atoms with Crippen molar-refractivity contribution in [3.8, 4) is 0 Å².